The number of hydrogen-bond donors (Lipinski definition) is 3. The molecule has 3 heteroatoms. The fourth-order valence-corrected chi connectivity index (χ4v) is 1.31. The molecule has 0 aliphatic heterocycles. The molecule has 0 heterocycles. The predicted molar refractivity (Wildman–Crippen MR) is 43.4 cm³/mol. The Morgan fingerprint density at radius 3 is 2.55 bits per heavy atom. The van der Waals surface area contributed by atoms with E-state index in [9.17, 15) is 0 Å². The van der Waals surface area contributed by atoms with Gasteiger partial charge in [0.1, 0.15) is 0 Å². The molecule has 1 rings (SSSR count). The maximum Gasteiger partial charge on any atom is 0.0895 e. The van der Waals surface area contributed by atoms with Crippen molar-refractivity contribution in [3.8, 4) is 0 Å². The van der Waals surface area contributed by atoms with E-state index >= 15 is 0 Å². The van der Waals surface area contributed by atoms with E-state index in [1.54, 1.807) is 0 Å². The van der Waals surface area contributed by atoms with Gasteiger partial charge in [-0.1, -0.05) is 0 Å². The lowest BCUT2D eigenvalue weighted by Crippen LogP contribution is -2.51. The van der Waals surface area contributed by atoms with Crippen molar-refractivity contribution in [2.45, 2.75) is 37.8 Å². The fraction of sp³-hybridized carbons (Fsp3) is 1.00. The molecule has 3 N–H and O–H groups in total. The summed E-state index contributed by atoms with van der Waals surface area (Å²) in [6.45, 7) is 2.51. The standard InChI is InChI=1S/C8H17NO2/c1-8(3-2-4-8)9-5-7(11)6-10/h7,9-11H,2-6H2,1H3. The molecule has 11 heavy (non-hydrogen) atoms. The molecule has 1 atom stereocenters. The van der Waals surface area contributed by atoms with Gasteiger partial charge in [-0.15, -0.1) is 0 Å². The molecule has 1 unspecified atom stereocenters. The molecule has 1 aliphatic rings. The van der Waals surface area contributed by atoms with Gasteiger partial charge in [-0.25, -0.2) is 0 Å². The van der Waals surface area contributed by atoms with Crippen LogP contribution in [0.3, 0.4) is 0 Å². The zero-order chi connectivity index (χ0) is 8.32. The highest BCUT2D eigenvalue weighted by molar-refractivity contribution is 4.91. The van der Waals surface area contributed by atoms with Crippen molar-refractivity contribution in [3.05, 3.63) is 0 Å². The molecule has 1 saturated carbocycles. The van der Waals surface area contributed by atoms with Crippen LogP contribution in [-0.4, -0.2) is 35.0 Å². The van der Waals surface area contributed by atoms with Crippen LogP contribution < -0.4 is 5.32 Å². The lowest BCUT2D eigenvalue weighted by Gasteiger charge is -2.39. The van der Waals surface area contributed by atoms with Crippen LogP contribution >= 0.6 is 0 Å². The molecule has 0 aromatic carbocycles. The molecular weight excluding hydrogens is 142 g/mol. The monoisotopic (exact) mass is 159 g/mol. The maximum atomic E-state index is 9.03. The van der Waals surface area contributed by atoms with E-state index in [-0.39, 0.29) is 12.1 Å². The van der Waals surface area contributed by atoms with Gasteiger partial charge < -0.3 is 15.5 Å². The topological polar surface area (TPSA) is 52.5 Å². The summed E-state index contributed by atoms with van der Waals surface area (Å²) in [6, 6.07) is 0. The van der Waals surface area contributed by atoms with Gasteiger partial charge in [-0.3, -0.25) is 0 Å². The number of hydrogen-bond acceptors (Lipinski definition) is 3. The lowest BCUT2D eigenvalue weighted by molar-refractivity contribution is 0.0773. The smallest absolute Gasteiger partial charge is 0.0895 e. The largest absolute Gasteiger partial charge is 0.394 e. The van der Waals surface area contributed by atoms with Crippen molar-refractivity contribution in [1.82, 2.24) is 5.32 Å². The molecule has 1 fully saturated rings. The molecule has 0 bridgehead atoms. The van der Waals surface area contributed by atoms with Crippen LogP contribution in [0.2, 0.25) is 0 Å². The second kappa shape index (κ2) is 3.52. The van der Waals surface area contributed by atoms with Crippen LogP contribution in [0.15, 0.2) is 0 Å². The first-order chi connectivity index (χ1) is 5.16. The number of β-amino-alcohol motifs (C(OH)–C–C–N with tert-alkyl or cyclic N) is 1. The first-order valence-electron chi connectivity index (χ1n) is 4.20. The molecule has 3 nitrogen and oxygen atoms in total. The summed E-state index contributed by atoms with van der Waals surface area (Å²) in [6.07, 6.45) is 3.04. The Labute approximate surface area is 67.4 Å². The van der Waals surface area contributed by atoms with E-state index in [1.807, 2.05) is 0 Å². The summed E-state index contributed by atoms with van der Waals surface area (Å²) in [7, 11) is 0. The molecule has 0 radical (unpaired) electrons. The Bertz CT molecular complexity index is 123. The third-order valence-electron chi connectivity index (χ3n) is 2.43. The highest BCUT2D eigenvalue weighted by atomic mass is 16.3. The highest BCUT2D eigenvalue weighted by Gasteiger charge is 2.31. The van der Waals surface area contributed by atoms with Gasteiger partial charge in [-0.2, -0.15) is 0 Å². The van der Waals surface area contributed by atoms with Crippen molar-refractivity contribution < 1.29 is 10.2 Å². The van der Waals surface area contributed by atoms with Gasteiger partial charge in [-0.05, 0) is 26.2 Å². The lowest BCUT2D eigenvalue weighted by atomic mass is 9.78. The Kier molecular flexibility index (Phi) is 2.87. The Morgan fingerprint density at radius 1 is 1.55 bits per heavy atom. The minimum absolute atomic E-state index is 0.150. The summed E-state index contributed by atoms with van der Waals surface area (Å²) in [5, 5.41) is 20.8. The van der Waals surface area contributed by atoms with E-state index in [0.29, 0.717) is 6.54 Å². The highest BCUT2D eigenvalue weighted by Crippen LogP contribution is 2.30. The van der Waals surface area contributed by atoms with E-state index in [4.69, 9.17) is 10.2 Å². The minimum atomic E-state index is -0.604. The number of aliphatic hydroxyl groups is 2. The Morgan fingerprint density at radius 2 is 2.18 bits per heavy atom. The second-order valence-corrected chi connectivity index (χ2v) is 3.63. The molecule has 1 aliphatic carbocycles. The third-order valence-corrected chi connectivity index (χ3v) is 2.43. The Hall–Kier alpha value is -0.120. The van der Waals surface area contributed by atoms with Crippen molar-refractivity contribution in [1.29, 1.82) is 0 Å². The van der Waals surface area contributed by atoms with Crippen LogP contribution in [-0.2, 0) is 0 Å². The summed E-state index contributed by atoms with van der Waals surface area (Å²) < 4.78 is 0. The minimum Gasteiger partial charge on any atom is -0.394 e. The first kappa shape index (κ1) is 8.97. The summed E-state index contributed by atoms with van der Waals surface area (Å²) in [4.78, 5) is 0. The molecule has 0 aromatic rings. The van der Waals surface area contributed by atoms with E-state index < -0.39 is 6.10 Å². The molecule has 66 valence electrons. The van der Waals surface area contributed by atoms with Crippen LogP contribution in [0.4, 0.5) is 0 Å². The van der Waals surface area contributed by atoms with Gasteiger partial charge in [0.05, 0.1) is 12.7 Å². The van der Waals surface area contributed by atoms with Crippen molar-refractivity contribution in [2.75, 3.05) is 13.2 Å². The number of rotatable bonds is 4. The van der Waals surface area contributed by atoms with E-state index in [2.05, 4.69) is 12.2 Å². The zero-order valence-corrected chi connectivity index (χ0v) is 7.01. The molecule has 0 spiro atoms. The zero-order valence-electron chi connectivity index (χ0n) is 7.01. The summed E-state index contributed by atoms with van der Waals surface area (Å²) >= 11 is 0. The summed E-state index contributed by atoms with van der Waals surface area (Å²) in [5.41, 5.74) is 0.232. The average Bonchev–Trinajstić information content (AvgIpc) is 1.96. The maximum absolute atomic E-state index is 9.03. The van der Waals surface area contributed by atoms with Crippen LogP contribution in [0.25, 0.3) is 0 Å². The molecular formula is C8H17NO2. The molecule has 0 amide bonds. The Balaban J connectivity index is 2.11. The molecule has 0 aromatic heterocycles. The van der Waals surface area contributed by atoms with Crippen molar-refractivity contribution in [3.63, 3.8) is 0 Å². The SMILES string of the molecule is CC1(NCC(O)CO)CCC1. The second-order valence-electron chi connectivity index (χ2n) is 3.63. The van der Waals surface area contributed by atoms with Gasteiger partial charge in [0, 0.05) is 12.1 Å². The van der Waals surface area contributed by atoms with Gasteiger partial charge in [0.25, 0.3) is 0 Å². The number of nitrogens with one attached hydrogen (secondary N) is 1. The van der Waals surface area contributed by atoms with Crippen LogP contribution in [0, 0.1) is 0 Å². The third kappa shape index (κ3) is 2.43. The van der Waals surface area contributed by atoms with Crippen molar-refractivity contribution >= 4 is 0 Å². The predicted octanol–water partition coefficient (Wildman–Crippen LogP) is -0.128. The quantitative estimate of drug-likeness (QED) is 0.535. The normalized spacial score (nSPS) is 24.3. The van der Waals surface area contributed by atoms with Gasteiger partial charge in [0.2, 0.25) is 0 Å². The molecule has 0 saturated heterocycles. The van der Waals surface area contributed by atoms with E-state index in [0.717, 1.165) is 0 Å². The number of aliphatic hydroxyl groups excluding tert-OH is 2. The van der Waals surface area contributed by atoms with E-state index in [1.165, 1.54) is 19.3 Å². The summed E-state index contributed by atoms with van der Waals surface area (Å²) in [5.74, 6) is 0. The fourth-order valence-electron chi connectivity index (χ4n) is 1.31. The first-order valence-corrected chi connectivity index (χ1v) is 4.20. The average molecular weight is 159 g/mol. The van der Waals surface area contributed by atoms with Gasteiger partial charge >= 0.3 is 0 Å². The van der Waals surface area contributed by atoms with Crippen LogP contribution in [0.5, 0.6) is 0 Å². The van der Waals surface area contributed by atoms with Crippen molar-refractivity contribution in [2.24, 2.45) is 0 Å². The van der Waals surface area contributed by atoms with Gasteiger partial charge in [0.15, 0.2) is 0 Å². The van der Waals surface area contributed by atoms with Crippen LogP contribution in [0.1, 0.15) is 26.2 Å².